The molecule has 1 aliphatic carbocycles. The molecule has 2 aliphatic rings. The van der Waals surface area contributed by atoms with Crippen LogP contribution in [-0.2, 0) is 4.79 Å². The van der Waals surface area contributed by atoms with Crippen molar-refractivity contribution in [3.05, 3.63) is 11.8 Å². The first-order chi connectivity index (χ1) is 10.3. The monoisotopic (exact) mass is 294 g/mol. The molecule has 1 amide bonds. The van der Waals surface area contributed by atoms with Gasteiger partial charge in [-0.05, 0) is 58.4 Å². The smallest absolute Gasteiger partial charge is 0.240 e. The molecule has 0 saturated carbocycles. The largest absolute Gasteiger partial charge is 0.396 e. The molecule has 0 aromatic rings. The van der Waals surface area contributed by atoms with E-state index in [0.717, 1.165) is 38.8 Å². The third-order valence-electron chi connectivity index (χ3n) is 4.78. The quantitative estimate of drug-likeness (QED) is 0.818. The number of allylic oxidation sites excluding steroid dienone is 2. The lowest BCUT2D eigenvalue weighted by atomic mass is 9.99. The van der Waals surface area contributed by atoms with E-state index in [-0.39, 0.29) is 12.5 Å². The number of carbonyl (C=O) groups excluding carboxylic acids is 1. The van der Waals surface area contributed by atoms with Gasteiger partial charge < -0.3 is 10.0 Å². The van der Waals surface area contributed by atoms with Crippen molar-refractivity contribution >= 4 is 5.91 Å². The highest BCUT2D eigenvalue weighted by Crippen LogP contribution is 2.23. The van der Waals surface area contributed by atoms with Crippen molar-refractivity contribution in [2.75, 3.05) is 26.2 Å². The summed E-state index contributed by atoms with van der Waals surface area (Å²) in [5.41, 5.74) is 1.23. The summed E-state index contributed by atoms with van der Waals surface area (Å²) in [5.74, 6) is 0.232. The Labute approximate surface area is 128 Å². The van der Waals surface area contributed by atoms with Crippen LogP contribution in [0.4, 0.5) is 0 Å². The first kappa shape index (κ1) is 16.5. The Morgan fingerprint density at radius 3 is 2.90 bits per heavy atom. The minimum absolute atomic E-state index is 0.220. The number of hydrogen-bond acceptors (Lipinski definition) is 3. The maximum absolute atomic E-state index is 12.7. The van der Waals surface area contributed by atoms with E-state index in [1.807, 2.05) is 4.90 Å². The van der Waals surface area contributed by atoms with Crippen LogP contribution in [0.25, 0.3) is 0 Å². The molecule has 1 saturated heterocycles. The van der Waals surface area contributed by atoms with Gasteiger partial charge in [-0.3, -0.25) is 9.69 Å². The first-order valence-corrected chi connectivity index (χ1v) is 8.60. The normalized spacial score (nSPS) is 23.7. The zero-order chi connectivity index (χ0) is 15.1. The van der Waals surface area contributed by atoms with Crippen molar-refractivity contribution in [1.82, 2.24) is 9.80 Å². The molecule has 4 nitrogen and oxygen atoms in total. The van der Waals surface area contributed by atoms with Gasteiger partial charge in [0.1, 0.15) is 0 Å². The molecule has 2 rings (SSSR count). The molecule has 1 unspecified atom stereocenters. The van der Waals surface area contributed by atoms with Gasteiger partial charge in [-0.1, -0.05) is 12.5 Å². The van der Waals surface area contributed by atoms with Gasteiger partial charge in [0.2, 0.25) is 5.91 Å². The number of rotatable bonds is 6. The molecule has 1 heterocycles. The first-order valence-electron chi connectivity index (χ1n) is 8.60. The molecule has 1 N–H and O–H groups in total. The van der Waals surface area contributed by atoms with Crippen molar-refractivity contribution in [2.45, 2.75) is 64.3 Å². The Bertz CT molecular complexity index is 366. The second kappa shape index (κ2) is 8.54. The Kier molecular flexibility index (Phi) is 6.71. The summed E-state index contributed by atoms with van der Waals surface area (Å²) >= 11 is 0. The van der Waals surface area contributed by atoms with E-state index in [4.69, 9.17) is 0 Å². The van der Waals surface area contributed by atoms with Crippen LogP contribution in [0.1, 0.15) is 58.3 Å². The third kappa shape index (κ3) is 4.55. The van der Waals surface area contributed by atoms with Crippen molar-refractivity contribution in [3.63, 3.8) is 0 Å². The molecule has 4 heteroatoms. The molecule has 0 spiro atoms. The lowest BCUT2D eigenvalue weighted by molar-refractivity contribution is -0.131. The van der Waals surface area contributed by atoms with Crippen molar-refractivity contribution in [1.29, 1.82) is 0 Å². The predicted octanol–water partition coefficient (Wildman–Crippen LogP) is 2.53. The van der Waals surface area contributed by atoms with Gasteiger partial charge in [0.25, 0.3) is 0 Å². The number of piperidine rings is 1. The van der Waals surface area contributed by atoms with Crippen molar-refractivity contribution in [3.8, 4) is 0 Å². The molecule has 0 bridgehead atoms. The number of carbonyl (C=O) groups is 1. The molecule has 120 valence electrons. The highest BCUT2D eigenvalue weighted by atomic mass is 16.3. The number of nitrogens with zero attached hydrogens (tertiary/aromatic N) is 2. The Balaban J connectivity index is 1.95. The number of hydrogen-bond donors (Lipinski definition) is 1. The van der Waals surface area contributed by atoms with Crippen LogP contribution in [0.15, 0.2) is 11.8 Å². The summed E-state index contributed by atoms with van der Waals surface area (Å²) in [5, 5.41) is 9.20. The van der Waals surface area contributed by atoms with E-state index in [1.165, 1.54) is 31.4 Å². The van der Waals surface area contributed by atoms with Crippen LogP contribution < -0.4 is 0 Å². The lowest BCUT2D eigenvalue weighted by Gasteiger charge is -2.37. The van der Waals surface area contributed by atoms with Gasteiger partial charge in [-0.25, -0.2) is 0 Å². The lowest BCUT2D eigenvalue weighted by Crippen LogP contribution is -2.47. The summed E-state index contributed by atoms with van der Waals surface area (Å²) in [6.07, 6.45) is 11.1. The average molecular weight is 294 g/mol. The summed E-state index contributed by atoms with van der Waals surface area (Å²) in [7, 11) is 0. The summed E-state index contributed by atoms with van der Waals surface area (Å²) in [6, 6.07) is 0.381. The van der Waals surface area contributed by atoms with Crippen LogP contribution in [0.5, 0.6) is 0 Å². The number of aliphatic hydroxyl groups excluding tert-OH is 1. The van der Waals surface area contributed by atoms with Crippen LogP contribution in [0.2, 0.25) is 0 Å². The minimum atomic E-state index is 0.220. The molecule has 0 radical (unpaired) electrons. The zero-order valence-electron chi connectivity index (χ0n) is 13.4. The van der Waals surface area contributed by atoms with Crippen LogP contribution in [-0.4, -0.2) is 53.1 Å². The topological polar surface area (TPSA) is 43.8 Å². The highest BCUT2D eigenvalue weighted by molar-refractivity contribution is 5.80. The zero-order valence-corrected chi connectivity index (χ0v) is 13.4. The fourth-order valence-electron chi connectivity index (χ4n) is 3.61. The van der Waals surface area contributed by atoms with Crippen molar-refractivity contribution < 1.29 is 9.90 Å². The number of aliphatic hydroxyl groups is 1. The molecule has 0 aromatic carbocycles. The van der Waals surface area contributed by atoms with Gasteiger partial charge >= 0.3 is 0 Å². The van der Waals surface area contributed by atoms with Crippen molar-refractivity contribution in [2.24, 2.45) is 0 Å². The number of amides is 1. The number of likely N-dealkylation sites (N-methyl/N-ethyl adjacent to an activating group) is 1. The fourth-order valence-corrected chi connectivity index (χ4v) is 3.61. The SMILES string of the molecule is CCN(C(=O)CN1CCCCC1CCO)C1=CCCCC1. The molecule has 1 aliphatic heterocycles. The van der Waals surface area contributed by atoms with Gasteiger partial charge in [-0.15, -0.1) is 0 Å². The summed E-state index contributed by atoms with van der Waals surface area (Å²) in [4.78, 5) is 16.9. The predicted molar refractivity (Wildman–Crippen MR) is 84.9 cm³/mol. The highest BCUT2D eigenvalue weighted by Gasteiger charge is 2.26. The second-order valence-corrected chi connectivity index (χ2v) is 6.21. The van der Waals surface area contributed by atoms with Gasteiger partial charge in [0.15, 0.2) is 0 Å². The third-order valence-corrected chi connectivity index (χ3v) is 4.78. The van der Waals surface area contributed by atoms with E-state index >= 15 is 0 Å². The summed E-state index contributed by atoms with van der Waals surface area (Å²) in [6.45, 7) is 4.55. The molecular formula is C17H30N2O2. The van der Waals surface area contributed by atoms with Gasteiger partial charge in [0.05, 0.1) is 6.54 Å². The maximum atomic E-state index is 12.7. The average Bonchev–Trinajstić information content (AvgIpc) is 2.51. The Morgan fingerprint density at radius 1 is 1.38 bits per heavy atom. The van der Waals surface area contributed by atoms with E-state index in [9.17, 15) is 9.90 Å². The summed E-state index contributed by atoms with van der Waals surface area (Å²) < 4.78 is 0. The van der Waals surface area contributed by atoms with E-state index in [2.05, 4.69) is 17.9 Å². The molecular weight excluding hydrogens is 264 g/mol. The Hall–Kier alpha value is -0.870. The van der Waals surface area contributed by atoms with Crippen LogP contribution >= 0.6 is 0 Å². The fraction of sp³-hybridized carbons (Fsp3) is 0.824. The van der Waals surface area contributed by atoms with E-state index < -0.39 is 0 Å². The standard InChI is InChI=1S/C17H30N2O2/c1-2-19(16-9-4-3-5-10-16)17(21)14-18-12-7-6-8-15(18)11-13-20/h9,15,20H,2-8,10-14H2,1H3. The molecule has 21 heavy (non-hydrogen) atoms. The second-order valence-electron chi connectivity index (χ2n) is 6.21. The van der Waals surface area contributed by atoms with E-state index in [1.54, 1.807) is 0 Å². The number of likely N-dealkylation sites (tertiary alicyclic amines) is 1. The minimum Gasteiger partial charge on any atom is -0.396 e. The molecule has 0 aromatic heterocycles. The van der Waals surface area contributed by atoms with Crippen LogP contribution in [0, 0.1) is 0 Å². The van der Waals surface area contributed by atoms with Gasteiger partial charge in [-0.2, -0.15) is 0 Å². The molecule has 1 atom stereocenters. The van der Waals surface area contributed by atoms with E-state index in [0.29, 0.717) is 12.6 Å². The Morgan fingerprint density at radius 2 is 2.24 bits per heavy atom. The van der Waals surface area contributed by atoms with Crippen LogP contribution in [0.3, 0.4) is 0 Å². The maximum Gasteiger partial charge on any atom is 0.240 e. The van der Waals surface area contributed by atoms with Gasteiger partial charge in [0, 0.05) is 24.9 Å². The molecule has 1 fully saturated rings.